The predicted molar refractivity (Wildman–Crippen MR) is 112 cm³/mol. The van der Waals surface area contributed by atoms with Crippen LogP contribution in [0.15, 0.2) is 12.3 Å². The van der Waals surface area contributed by atoms with Crippen molar-refractivity contribution in [3.63, 3.8) is 0 Å². The summed E-state index contributed by atoms with van der Waals surface area (Å²) in [6.45, 7) is 6.01. The van der Waals surface area contributed by atoms with Crippen LogP contribution >= 0.6 is 0 Å². The van der Waals surface area contributed by atoms with Crippen LogP contribution in [0.1, 0.15) is 38.5 Å². The molecule has 7 nitrogen and oxygen atoms in total. The second kappa shape index (κ2) is 8.64. The molecule has 3 aliphatic heterocycles. The van der Waals surface area contributed by atoms with Gasteiger partial charge in [-0.1, -0.05) is 0 Å². The Bertz CT molecular complexity index is 667. The van der Waals surface area contributed by atoms with Gasteiger partial charge in [0.25, 0.3) is 0 Å². The van der Waals surface area contributed by atoms with Crippen molar-refractivity contribution in [2.45, 2.75) is 44.6 Å². The molecule has 3 saturated heterocycles. The molecular weight excluding hydrogens is 352 g/mol. The highest BCUT2D eigenvalue weighted by molar-refractivity contribution is 5.79. The van der Waals surface area contributed by atoms with Crippen molar-refractivity contribution in [2.24, 2.45) is 5.92 Å². The first kappa shape index (κ1) is 19.4. The van der Waals surface area contributed by atoms with Crippen LogP contribution in [0.4, 0.5) is 11.8 Å². The number of rotatable bonds is 4. The van der Waals surface area contributed by atoms with Crippen LogP contribution in [0.2, 0.25) is 0 Å². The first-order chi connectivity index (χ1) is 13.6. The van der Waals surface area contributed by atoms with E-state index in [1.807, 2.05) is 31.3 Å². The molecule has 1 atom stereocenters. The molecule has 28 heavy (non-hydrogen) atoms. The van der Waals surface area contributed by atoms with Gasteiger partial charge in [0.1, 0.15) is 5.82 Å². The highest BCUT2D eigenvalue weighted by Crippen LogP contribution is 2.27. The van der Waals surface area contributed by atoms with Gasteiger partial charge in [0.05, 0.1) is 5.92 Å². The van der Waals surface area contributed by atoms with Crippen LogP contribution in [-0.4, -0.2) is 85.1 Å². The number of piperidine rings is 2. The van der Waals surface area contributed by atoms with E-state index in [4.69, 9.17) is 0 Å². The van der Waals surface area contributed by atoms with Gasteiger partial charge in [-0.25, -0.2) is 4.98 Å². The summed E-state index contributed by atoms with van der Waals surface area (Å²) in [5, 5.41) is 0. The lowest BCUT2D eigenvalue weighted by Gasteiger charge is -2.42. The van der Waals surface area contributed by atoms with E-state index in [0.717, 1.165) is 76.7 Å². The van der Waals surface area contributed by atoms with Crippen LogP contribution in [0.3, 0.4) is 0 Å². The number of likely N-dealkylation sites (tertiary alicyclic amines) is 2. The molecule has 154 valence electrons. The summed E-state index contributed by atoms with van der Waals surface area (Å²) in [6, 6.07) is 2.53. The second-order valence-electron chi connectivity index (χ2n) is 8.69. The van der Waals surface area contributed by atoms with Gasteiger partial charge in [-0.05, 0) is 51.1 Å². The van der Waals surface area contributed by atoms with Crippen molar-refractivity contribution in [2.75, 3.05) is 63.2 Å². The molecule has 0 unspecified atom stereocenters. The predicted octanol–water partition coefficient (Wildman–Crippen LogP) is 1.85. The smallest absolute Gasteiger partial charge is 0.227 e. The summed E-state index contributed by atoms with van der Waals surface area (Å²) in [7, 11) is 4.02. The van der Waals surface area contributed by atoms with E-state index in [1.165, 1.54) is 12.8 Å². The molecule has 0 aromatic carbocycles. The first-order valence-corrected chi connectivity index (χ1v) is 10.9. The maximum atomic E-state index is 12.8. The number of carbonyl (C=O) groups excluding carboxylic acids is 1. The van der Waals surface area contributed by atoms with Crippen molar-refractivity contribution >= 4 is 17.7 Å². The maximum Gasteiger partial charge on any atom is 0.227 e. The largest absolute Gasteiger partial charge is 0.363 e. The number of hydrogen-bond donors (Lipinski definition) is 0. The van der Waals surface area contributed by atoms with Gasteiger partial charge in [-0.3, -0.25) is 9.69 Å². The zero-order chi connectivity index (χ0) is 19.5. The summed E-state index contributed by atoms with van der Waals surface area (Å²) in [5.74, 6) is 2.41. The lowest BCUT2D eigenvalue weighted by Crippen LogP contribution is -2.51. The molecule has 4 rings (SSSR count). The highest BCUT2D eigenvalue weighted by atomic mass is 16.2. The topological polar surface area (TPSA) is 55.8 Å². The quantitative estimate of drug-likeness (QED) is 0.787. The van der Waals surface area contributed by atoms with Gasteiger partial charge in [-0.2, -0.15) is 4.98 Å². The average Bonchev–Trinajstić information content (AvgIpc) is 3.28. The fourth-order valence-corrected chi connectivity index (χ4v) is 4.91. The lowest BCUT2D eigenvalue weighted by molar-refractivity contribution is -0.136. The van der Waals surface area contributed by atoms with Crippen molar-refractivity contribution in [3.05, 3.63) is 12.3 Å². The Morgan fingerprint density at radius 2 is 1.79 bits per heavy atom. The third-order valence-corrected chi connectivity index (χ3v) is 6.57. The van der Waals surface area contributed by atoms with Crippen molar-refractivity contribution in [3.8, 4) is 0 Å². The minimum Gasteiger partial charge on any atom is -0.363 e. The minimum absolute atomic E-state index is 0.213. The summed E-state index contributed by atoms with van der Waals surface area (Å²) in [4.78, 5) is 31.0. The number of carbonyl (C=O) groups is 1. The van der Waals surface area contributed by atoms with Gasteiger partial charge in [-0.15, -0.1) is 0 Å². The molecule has 3 aliphatic rings. The molecule has 1 amide bonds. The Labute approximate surface area is 168 Å². The van der Waals surface area contributed by atoms with Crippen molar-refractivity contribution in [1.82, 2.24) is 19.8 Å². The Kier molecular flexibility index (Phi) is 5.99. The van der Waals surface area contributed by atoms with Crippen LogP contribution in [-0.2, 0) is 4.79 Å². The third-order valence-electron chi connectivity index (χ3n) is 6.57. The first-order valence-electron chi connectivity index (χ1n) is 10.9. The summed E-state index contributed by atoms with van der Waals surface area (Å²) >= 11 is 0. The van der Waals surface area contributed by atoms with Gasteiger partial charge >= 0.3 is 0 Å². The zero-order valence-electron chi connectivity index (χ0n) is 17.4. The normalized spacial score (nSPS) is 24.6. The lowest BCUT2D eigenvalue weighted by atomic mass is 9.93. The average molecular weight is 387 g/mol. The highest BCUT2D eigenvalue weighted by Gasteiger charge is 2.34. The summed E-state index contributed by atoms with van der Waals surface area (Å²) < 4.78 is 0. The summed E-state index contributed by atoms with van der Waals surface area (Å²) in [6.07, 6.45) is 8.67. The number of nitrogens with zero attached hydrogens (tertiary/aromatic N) is 6. The molecule has 0 saturated carbocycles. The zero-order valence-corrected chi connectivity index (χ0v) is 17.4. The van der Waals surface area contributed by atoms with E-state index in [-0.39, 0.29) is 5.92 Å². The molecule has 0 aliphatic carbocycles. The number of hydrogen-bond acceptors (Lipinski definition) is 6. The number of aromatic nitrogens is 2. The fourth-order valence-electron chi connectivity index (χ4n) is 4.91. The third kappa shape index (κ3) is 4.24. The molecule has 4 heterocycles. The van der Waals surface area contributed by atoms with E-state index in [0.29, 0.717) is 11.9 Å². The van der Waals surface area contributed by atoms with Crippen molar-refractivity contribution < 1.29 is 4.79 Å². The molecule has 1 aromatic heterocycles. The Balaban J connectivity index is 1.32. The van der Waals surface area contributed by atoms with Gasteiger partial charge in [0, 0.05) is 59.1 Å². The SMILES string of the molecule is CN(C)c1ccnc(N2CCC(N3CCC[C@@H](C(=O)N4CCCC4)C3)CC2)n1. The van der Waals surface area contributed by atoms with E-state index in [1.54, 1.807) is 0 Å². The van der Waals surface area contributed by atoms with E-state index < -0.39 is 0 Å². The minimum atomic E-state index is 0.213. The standard InChI is InChI=1S/C21H34N6O/c1-24(2)19-7-10-22-21(23-19)26-14-8-18(9-15-26)27-13-5-6-17(16-27)20(28)25-11-3-4-12-25/h7,10,17-18H,3-6,8-9,11-16H2,1-2H3/t17-/m1/s1. The van der Waals surface area contributed by atoms with Gasteiger partial charge in [0.15, 0.2) is 0 Å². The Morgan fingerprint density at radius 1 is 1.04 bits per heavy atom. The van der Waals surface area contributed by atoms with Crippen molar-refractivity contribution in [1.29, 1.82) is 0 Å². The van der Waals surface area contributed by atoms with E-state index in [9.17, 15) is 4.79 Å². The monoisotopic (exact) mass is 386 g/mol. The molecule has 0 spiro atoms. The van der Waals surface area contributed by atoms with E-state index in [2.05, 4.69) is 24.7 Å². The number of amides is 1. The molecule has 0 N–H and O–H groups in total. The second-order valence-corrected chi connectivity index (χ2v) is 8.69. The molecule has 1 aromatic rings. The van der Waals surface area contributed by atoms with Gasteiger partial charge in [0.2, 0.25) is 11.9 Å². The van der Waals surface area contributed by atoms with Crippen LogP contribution in [0, 0.1) is 5.92 Å². The van der Waals surface area contributed by atoms with Crippen LogP contribution in [0.25, 0.3) is 0 Å². The molecule has 7 heteroatoms. The number of anilines is 2. The van der Waals surface area contributed by atoms with Crippen LogP contribution < -0.4 is 9.80 Å². The Hall–Kier alpha value is -1.89. The summed E-state index contributed by atoms with van der Waals surface area (Å²) in [5.41, 5.74) is 0. The fraction of sp³-hybridized carbons (Fsp3) is 0.762. The van der Waals surface area contributed by atoms with Gasteiger partial charge < -0.3 is 14.7 Å². The Morgan fingerprint density at radius 3 is 2.50 bits per heavy atom. The van der Waals surface area contributed by atoms with Crippen LogP contribution in [0.5, 0.6) is 0 Å². The molecular formula is C21H34N6O. The van der Waals surface area contributed by atoms with E-state index >= 15 is 0 Å². The molecule has 3 fully saturated rings. The maximum absolute atomic E-state index is 12.8. The molecule has 0 radical (unpaired) electrons. The molecule has 0 bridgehead atoms.